The SMILES string of the molecule is CC(C)CC(C)OCCC(=O)N1CCCC(N(C)CC(=O)O)CC1. The molecule has 1 amide bonds. The van der Waals surface area contributed by atoms with E-state index >= 15 is 0 Å². The van der Waals surface area contributed by atoms with E-state index in [1.54, 1.807) is 0 Å². The molecule has 1 N–H and O–H groups in total. The molecule has 0 aliphatic carbocycles. The molecule has 2 unspecified atom stereocenters. The maximum Gasteiger partial charge on any atom is 0.317 e. The number of likely N-dealkylation sites (tertiary alicyclic amines) is 1. The van der Waals surface area contributed by atoms with Crippen LogP contribution >= 0.6 is 0 Å². The monoisotopic (exact) mass is 342 g/mol. The Morgan fingerprint density at radius 1 is 1.25 bits per heavy atom. The molecule has 140 valence electrons. The van der Waals surface area contributed by atoms with Crippen LogP contribution in [0.4, 0.5) is 0 Å². The highest BCUT2D eigenvalue weighted by atomic mass is 16.5. The number of hydrogen-bond acceptors (Lipinski definition) is 4. The second-order valence-corrected chi connectivity index (χ2v) is 7.34. The number of aliphatic carboxylic acids is 1. The van der Waals surface area contributed by atoms with Gasteiger partial charge < -0.3 is 14.7 Å². The number of likely N-dealkylation sites (N-methyl/N-ethyl adjacent to an activating group) is 1. The van der Waals surface area contributed by atoms with Crippen LogP contribution in [-0.4, -0.2) is 72.2 Å². The van der Waals surface area contributed by atoms with E-state index in [4.69, 9.17) is 9.84 Å². The smallest absolute Gasteiger partial charge is 0.317 e. The summed E-state index contributed by atoms with van der Waals surface area (Å²) in [6, 6.07) is 0.237. The second-order valence-electron chi connectivity index (χ2n) is 7.34. The first kappa shape index (κ1) is 20.9. The maximum atomic E-state index is 12.3. The van der Waals surface area contributed by atoms with Gasteiger partial charge >= 0.3 is 5.97 Å². The van der Waals surface area contributed by atoms with Crippen LogP contribution in [0.3, 0.4) is 0 Å². The number of nitrogens with zero attached hydrogens (tertiary/aromatic N) is 2. The molecule has 6 nitrogen and oxygen atoms in total. The molecule has 0 radical (unpaired) electrons. The molecule has 0 bridgehead atoms. The first-order chi connectivity index (χ1) is 11.3. The molecule has 1 saturated heterocycles. The first-order valence-corrected chi connectivity index (χ1v) is 9.11. The van der Waals surface area contributed by atoms with Crippen molar-refractivity contribution in [1.29, 1.82) is 0 Å². The van der Waals surface area contributed by atoms with E-state index < -0.39 is 5.97 Å². The number of rotatable bonds is 9. The maximum absolute atomic E-state index is 12.3. The summed E-state index contributed by atoms with van der Waals surface area (Å²) >= 11 is 0. The topological polar surface area (TPSA) is 70.1 Å². The van der Waals surface area contributed by atoms with Crippen LogP contribution in [0.1, 0.15) is 52.9 Å². The average Bonchev–Trinajstić information content (AvgIpc) is 2.71. The van der Waals surface area contributed by atoms with Crippen molar-refractivity contribution in [3.8, 4) is 0 Å². The van der Waals surface area contributed by atoms with Crippen molar-refractivity contribution in [2.45, 2.75) is 65.0 Å². The van der Waals surface area contributed by atoms with Crippen molar-refractivity contribution in [1.82, 2.24) is 9.80 Å². The predicted octanol–water partition coefficient (Wildman–Crippen LogP) is 2.23. The van der Waals surface area contributed by atoms with Crippen LogP contribution in [0.15, 0.2) is 0 Å². The van der Waals surface area contributed by atoms with Crippen molar-refractivity contribution in [3.05, 3.63) is 0 Å². The molecule has 6 heteroatoms. The lowest BCUT2D eigenvalue weighted by Gasteiger charge is -2.25. The Morgan fingerprint density at radius 2 is 1.96 bits per heavy atom. The van der Waals surface area contributed by atoms with Crippen LogP contribution in [0.25, 0.3) is 0 Å². The minimum absolute atomic E-state index is 0.0557. The number of amides is 1. The van der Waals surface area contributed by atoms with Gasteiger partial charge in [-0.15, -0.1) is 0 Å². The minimum atomic E-state index is -0.803. The number of carbonyl (C=O) groups is 2. The highest BCUT2D eigenvalue weighted by Crippen LogP contribution is 2.16. The zero-order valence-electron chi connectivity index (χ0n) is 15.7. The quantitative estimate of drug-likeness (QED) is 0.696. The number of carboxylic acid groups (broad SMARTS) is 1. The molecule has 0 aromatic carbocycles. The Kier molecular flexibility index (Phi) is 9.29. The molecular formula is C18H34N2O4. The van der Waals surface area contributed by atoms with Crippen LogP contribution in [0.5, 0.6) is 0 Å². The van der Waals surface area contributed by atoms with E-state index in [1.807, 2.05) is 16.8 Å². The molecule has 1 fully saturated rings. The first-order valence-electron chi connectivity index (χ1n) is 9.11. The van der Waals surface area contributed by atoms with E-state index in [2.05, 4.69) is 20.8 Å². The lowest BCUT2D eigenvalue weighted by atomic mass is 10.1. The summed E-state index contributed by atoms with van der Waals surface area (Å²) in [6.45, 7) is 8.39. The van der Waals surface area contributed by atoms with Gasteiger partial charge in [-0.2, -0.15) is 0 Å². The molecule has 1 heterocycles. The van der Waals surface area contributed by atoms with Crippen LogP contribution in [-0.2, 0) is 14.3 Å². The van der Waals surface area contributed by atoms with Gasteiger partial charge in [0.05, 0.1) is 25.7 Å². The highest BCUT2D eigenvalue weighted by molar-refractivity contribution is 5.76. The fourth-order valence-electron chi connectivity index (χ4n) is 3.35. The predicted molar refractivity (Wildman–Crippen MR) is 94.0 cm³/mol. The standard InChI is InChI=1S/C18H34N2O4/c1-14(2)12-15(3)24-11-8-17(21)20-9-5-6-16(7-10-20)19(4)13-18(22)23/h14-16H,5-13H2,1-4H3,(H,22,23). The van der Waals surface area contributed by atoms with E-state index in [-0.39, 0.29) is 24.6 Å². The summed E-state index contributed by atoms with van der Waals surface area (Å²) in [5.41, 5.74) is 0. The van der Waals surface area contributed by atoms with Gasteiger partial charge in [-0.25, -0.2) is 0 Å². The summed E-state index contributed by atoms with van der Waals surface area (Å²) < 4.78 is 5.73. The third-order valence-corrected chi connectivity index (χ3v) is 4.58. The number of carboxylic acids is 1. The summed E-state index contributed by atoms with van der Waals surface area (Å²) in [4.78, 5) is 27.0. The van der Waals surface area contributed by atoms with E-state index in [1.165, 1.54) is 0 Å². The molecule has 0 aromatic rings. The molecule has 1 aliphatic heterocycles. The van der Waals surface area contributed by atoms with Crippen LogP contribution in [0, 0.1) is 5.92 Å². The van der Waals surface area contributed by atoms with Gasteiger partial charge in [-0.05, 0) is 45.6 Å². The summed E-state index contributed by atoms with van der Waals surface area (Å²) in [7, 11) is 1.85. The molecule has 0 saturated carbocycles. The van der Waals surface area contributed by atoms with E-state index in [9.17, 15) is 9.59 Å². The third kappa shape index (κ3) is 8.11. The Morgan fingerprint density at radius 3 is 2.58 bits per heavy atom. The zero-order chi connectivity index (χ0) is 18.1. The third-order valence-electron chi connectivity index (χ3n) is 4.58. The molecule has 1 rings (SSSR count). The van der Waals surface area contributed by atoms with Crippen molar-refractivity contribution < 1.29 is 19.4 Å². The lowest BCUT2D eigenvalue weighted by Crippen LogP contribution is -2.37. The van der Waals surface area contributed by atoms with Gasteiger partial charge in [-0.1, -0.05) is 13.8 Å². The normalized spacial score (nSPS) is 20.2. The Hall–Kier alpha value is -1.14. The number of hydrogen-bond donors (Lipinski definition) is 1. The van der Waals surface area contributed by atoms with Crippen molar-refractivity contribution in [3.63, 3.8) is 0 Å². The summed E-state index contributed by atoms with van der Waals surface area (Å²) in [5, 5.41) is 8.90. The van der Waals surface area contributed by atoms with Gasteiger partial charge in [0.1, 0.15) is 0 Å². The summed E-state index contributed by atoms with van der Waals surface area (Å²) in [5.74, 6) is -0.0586. The fraction of sp³-hybridized carbons (Fsp3) is 0.889. The highest BCUT2D eigenvalue weighted by Gasteiger charge is 2.23. The van der Waals surface area contributed by atoms with Crippen molar-refractivity contribution in [2.24, 2.45) is 5.92 Å². The lowest BCUT2D eigenvalue weighted by molar-refractivity contribution is -0.138. The molecule has 2 atom stereocenters. The van der Waals surface area contributed by atoms with Crippen molar-refractivity contribution in [2.75, 3.05) is 33.3 Å². The van der Waals surface area contributed by atoms with E-state index in [0.29, 0.717) is 25.5 Å². The van der Waals surface area contributed by atoms with Gasteiger partial charge in [0.25, 0.3) is 0 Å². The van der Waals surface area contributed by atoms with Crippen LogP contribution < -0.4 is 0 Å². The van der Waals surface area contributed by atoms with Gasteiger partial charge in [0.15, 0.2) is 0 Å². The molecule has 1 aliphatic rings. The Bertz CT molecular complexity index is 400. The Labute approximate surface area is 146 Å². The Balaban J connectivity index is 2.32. The fourth-order valence-corrected chi connectivity index (χ4v) is 3.35. The summed E-state index contributed by atoms with van der Waals surface area (Å²) in [6.07, 6.45) is 4.32. The van der Waals surface area contributed by atoms with E-state index in [0.717, 1.165) is 32.2 Å². The molecule has 24 heavy (non-hydrogen) atoms. The zero-order valence-corrected chi connectivity index (χ0v) is 15.7. The molecule has 0 aromatic heterocycles. The largest absolute Gasteiger partial charge is 0.480 e. The minimum Gasteiger partial charge on any atom is -0.480 e. The second kappa shape index (κ2) is 10.7. The van der Waals surface area contributed by atoms with Crippen molar-refractivity contribution >= 4 is 11.9 Å². The van der Waals surface area contributed by atoms with Crippen LogP contribution in [0.2, 0.25) is 0 Å². The van der Waals surface area contributed by atoms with Gasteiger partial charge in [0.2, 0.25) is 5.91 Å². The average molecular weight is 342 g/mol. The number of carbonyl (C=O) groups excluding carboxylic acids is 1. The molecule has 0 spiro atoms. The van der Waals surface area contributed by atoms with Gasteiger partial charge in [-0.3, -0.25) is 14.5 Å². The number of ether oxygens (including phenoxy) is 1. The van der Waals surface area contributed by atoms with Gasteiger partial charge in [0, 0.05) is 19.1 Å². The molecular weight excluding hydrogens is 308 g/mol.